The molecule has 1 aromatic heterocycles. The van der Waals surface area contributed by atoms with E-state index in [1.54, 1.807) is 13.8 Å². The summed E-state index contributed by atoms with van der Waals surface area (Å²) in [6.45, 7) is 6.08. The number of nitrogens with zero attached hydrogens (tertiary/aromatic N) is 2. The maximum absolute atomic E-state index is 12.3. The Hall–Kier alpha value is -2.15. The van der Waals surface area contributed by atoms with Crippen LogP contribution in [0.3, 0.4) is 0 Å². The molecule has 6 nitrogen and oxygen atoms in total. The van der Waals surface area contributed by atoms with Crippen molar-refractivity contribution in [2.24, 2.45) is 0 Å². The van der Waals surface area contributed by atoms with E-state index in [1.165, 1.54) is 0 Å². The Morgan fingerprint density at radius 2 is 2.00 bits per heavy atom. The van der Waals surface area contributed by atoms with Crippen molar-refractivity contribution in [3.05, 3.63) is 33.9 Å². The first-order valence-electron chi connectivity index (χ1n) is 7.21. The van der Waals surface area contributed by atoms with Gasteiger partial charge in [0.1, 0.15) is 11.3 Å². The van der Waals surface area contributed by atoms with Crippen molar-refractivity contribution >= 4 is 27.8 Å². The average Bonchev–Trinajstić information content (AvgIpc) is 2.48. The van der Waals surface area contributed by atoms with E-state index in [4.69, 9.17) is 15.2 Å². The Morgan fingerprint density at radius 1 is 1.26 bits per heavy atom. The van der Waals surface area contributed by atoms with Crippen LogP contribution in [-0.2, 0) is 4.74 Å². The van der Waals surface area contributed by atoms with Gasteiger partial charge in [-0.25, -0.2) is 14.8 Å². The van der Waals surface area contributed by atoms with Gasteiger partial charge in [-0.1, -0.05) is 15.9 Å². The van der Waals surface area contributed by atoms with Crippen molar-refractivity contribution in [1.82, 2.24) is 9.97 Å². The van der Waals surface area contributed by atoms with Gasteiger partial charge in [-0.15, -0.1) is 0 Å². The maximum Gasteiger partial charge on any atom is 0.342 e. The van der Waals surface area contributed by atoms with Crippen LogP contribution in [0, 0.1) is 6.92 Å². The summed E-state index contributed by atoms with van der Waals surface area (Å²) in [5.74, 6) is 0.217. The van der Waals surface area contributed by atoms with Crippen LogP contribution < -0.4 is 10.5 Å². The summed E-state index contributed by atoms with van der Waals surface area (Å²) in [6, 6.07) is 5.50. The molecule has 0 saturated carbocycles. The Balaban J connectivity index is 2.72. The second-order valence-electron chi connectivity index (χ2n) is 4.68. The number of nitrogens with two attached hydrogens (primary N) is 1. The maximum atomic E-state index is 12.3. The summed E-state index contributed by atoms with van der Waals surface area (Å²) in [5.41, 5.74) is 7.59. The minimum absolute atomic E-state index is 0.0907. The molecule has 0 spiro atoms. The van der Waals surface area contributed by atoms with Crippen molar-refractivity contribution in [3.63, 3.8) is 0 Å². The molecule has 0 saturated heterocycles. The number of hydrogen-bond acceptors (Lipinski definition) is 6. The molecule has 0 amide bonds. The minimum Gasteiger partial charge on any atom is -0.493 e. The molecule has 0 bridgehead atoms. The number of halogens is 1. The summed E-state index contributed by atoms with van der Waals surface area (Å²) in [7, 11) is 0. The fourth-order valence-electron chi connectivity index (χ4n) is 2.21. The molecule has 2 N–H and O–H groups in total. The van der Waals surface area contributed by atoms with Crippen molar-refractivity contribution in [3.8, 4) is 17.0 Å². The normalized spacial score (nSPS) is 10.4. The third kappa shape index (κ3) is 3.79. The average molecular weight is 380 g/mol. The van der Waals surface area contributed by atoms with Crippen LogP contribution in [0.15, 0.2) is 22.7 Å². The largest absolute Gasteiger partial charge is 0.493 e. The summed E-state index contributed by atoms with van der Waals surface area (Å²) >= 11 is 3.43. The van der Waals surface area contributed by atoms with E-state index < -0.39 is 5.97 Å². The Labute approximate surface area is 143 Å². The lowest BCUT2D eigenvalue weighted by Crippen LogP contribution is -2.13. The van der Waals surface area contributed by atoms with Crippen LogP contribution in [-0.4, -0.2) is 29.2 Å². The topological polar surface area (TPSA) is 87.3 Å². The van der Waals surface area contributed by atoms with E-state index in [-0.39, 0.29) is 12.6 Å². The molecule has 1 aromatic carbocycles. The summed E-state index contributed by atoms with van der Waals surface area (Å²) in [4.78, 5) is 20.7. The SMILES string of the molecule is CCOC(=O)c1c(C)nc(N)nc1-c1cc(Br)ccc1OCC. The van der Waals surface area contributed by atoms with Crippen molar-refractivity contribution in [2.45, 2.75) is 20.8 Å². The van der Waals surface area contributed by atoms with E-state index in [9.17, 15) is 4.79 Å². The molecule has 2 rings (SSSR count). The Kier molecular flexibility index (Phi) is 5.54. The number of carbonyl (C=O) groups excluding carboxylic acids is 1. The second-order valence-corrected chi connectivity index (χ2v) is 5.60. The predicted molar refractivity (Wildman–Crippen MR) is 91.4 cm³/mol. The molecule has 0 fully saturated rings. The molecule has 122 valence electrons. The molecule has 0 aliphatic rings. The van der Waals surface area contributed by atoms with Crippen molar-refractivity contribution in [2.75, 3.05) is 18.9 Å². The quantitative estimate of drug-likeness (QED) is 0.801. The summed E-state index contributed by atoms with van der Waals surface area (Å²) < 4.78 is 11.6. The van der Waals surface area contributed by atoms with Crippen LogP contribution in [0.25, 0.3) is 11.3 Å². The van der Waals surface area contributed by atoms with Gasteiger partial charge < -0.3 is 15.2 Å². The highest BCUT2D eigenvalue weighted by atomic mass is 79.9. The fraction of sp³-hybridized carbons (Fsp3) is 0.312. The number of ether oxygens (including phenoxy) is 2. The molecule has 0 aliphatic carbocycles. The van der Waals surface area contributed by atoms with E-state index in [1.807, 2.05) is 25.1 Å². The fourth-order valence-corrected chi connectivity index (χ4v) is 2.57. The van der Waals surface area contributed by atoms with Gasteiger partial charge in [-0.05, 0) is 39.0 Å². The Bertz CT molecular complexity index is 735. The second kappa shape index (κ2) is 7.41. The first kappa shape index (κ1) is 17.2. The number of hydrogen-bond donors (Lipinski definition) is 1. The third-order valence-corrected chi connectivity index (χ3v) is 3.58. The number of aromatic nitrogens is 2. The number of esters is 1. The molecule has 0 unspecified atom stereocenters. The van der Waals surface area contributed by atoms with E-state index >= 15 is 0 Å². The van der Waals surface area contributed by atoms with Crippen molar-refractivity contribution in [1.29, 1.82) is 0 Å². The van der Waals surface area contributed by atoms with Gasteiger partial charge >= 0.3 is 5.97 Å². The highest BCUT2D eigenvalue weighted by Gasteiger charge is 2.23. The van der Waals surface area contributed by atoms with Crippen LogP contribution >= 0.6 is 15.9 Å². The lowest BCUT2D eigenvalue weighted by molar-refractivity contribution is 0.0525. The van der Waals surface area contributed by atoms with E-state index in [0.29, 0.717) is 34.9 Å². The van der Waals surface area contributed by atoms with Crippen LogP contribution in [0.2, 0.25) is 0 Å². The number of nitrogen functional groups attached to an aromatic ring is 1. The lowest BCUT2D eigenvalue weighted by Gasteiger charge is -2.15. The van der Waals surface area contributed by atoms with Gasteiger partial charge in [0.15, 0.2) is 0 Å². The molecule has 7 heteroatoms. The molecule has 2 aromatic rings. The standard InChI is InChI=1S/C16H18BrN3O3/c1-4-22-12-7-6-10(17)8-11(12)14-13(15(21)23-5-2)9(3)19-16(18)20-14/h6-8H,4-5H2,1-3H3,(H2,18,19,20). The summed E-state index contributed by atoms with van der Waals surface area (Å²) in [5, 5.41) is 0. The van der Waals surface area contributed by atoms with Gasteiger partial charge in [-0.3, -0.25) is 0 Å². The number of rotatable bonds is 5. The van der Waals surface area contributed by atoms with Crippen LogP contribution in [0.1, 0.15) is 29.9 Å². The first-order chi connectivity index (χ1) is 11.0. The predicted octanol–water partition coefficient (Wildman–Crippen LogP) is 3.37. The highest BCUT2D eigenvalue weighted by molar-refractivity contribution is 9.10. The summed E-state index contributed by atoms with van der Waals surface area (Å²) in [6.07, 6.45) is 0. The molecule has 0 aliphatic heterocycles. The van der Waals surface area contributed by atoms with E-state index in [0.717, 1.165) is 4.47 Å². The number of aryl methyl sites for hydroxylation is 1. The van der Waals surface area contributed by atoms with Gasteiger partial charge in [0.25, 0.3) is 0 Å². The molecule has 1 heterocycles. The molecular weight excluding hydrogens is 362 g/mol. The monoisotopic (exact) mass is 379 g/mol. The number of carbonyl (C=O) groups is 1. The third-order valence-electron chi connectivity index (χ3n) is 3.08. The molecule has 0 radical (unpaired) electrons. The van der Waals surface area contributed by atoms with Gasteiger partial charge in [0, 0.05) is 10.0 Å². The first-order valence-corrected chi connectivity index (χ1v) is 8.01. The van der Waals surface area contributed by atoms with Gasteiger partial charge in [0.2, 0.25) is 5.95 Å². The molecule has 0 atom stereocenters. The van der Waals surface area contributed by atoms with Crippen LogP contribution in [0.4, 0.5) is 5.95 Å². The smallest absolute Gasteiger partial charge is 0.342 e. The van der Waals surface area contributed by atoms with E-state index in [2.05, 4.69) is 25.9 Å². The Morgan fingerprint density at radius 3 is 2.65 bits per heavy atom. The van der Waals surface area contributed by atoms with Crippen molar-refractivity contribution < 1.29 is 14.3 Å². The zero-order valence-corrected chi connectivity index (χ0v) is 14.8. The van der Waals surface area contributed by atoms with Gasteiger partial charge in [-0.2, -0.15) is 0 Å². The minimum atomic E-state index is -0.484. The zero-order chi connectivity index (χ0) is 17.0. The molecule has 23 heavy (non-hydrogen) atoms. The number of benzene rings is 1. The zero-order valence-electron chi connectivity index (χ0n) is 13.2. The van der Waals surface area contributed by atoms with Crippen LogP contribution in [0.5, 0.6) is 5.75 Å². The highest BCUT2D eigenvalue weighted by Crippen LogP contribution is 2.35. The lowest BCUT2D eigenvalue weighted by atomic mass is 10.0. The van der Waals surface area contributed by atoms with Gasteiger partial charge in [0.05, 0.1) is 24.6 Å². The molecular formula is C16H18BrN3O3. The number of anilines is 1.